The summed E-state index contributed by atoms with van der Waals surface area (Å²) in [6.45, 7) is 0. The van der Waals surface area contributed by atoms with Gasteiger partial charge in [-0.2, -0.15) is 13.2 Å². The number of ether oxygens (including phenoxy) is 1. The zero-order valence-electron chi connectivity index (χ0n) is 15.0. The molecule has 0 aliphatic carbocycles. The van der Waals surface area contributed by atoms with E-state index in [1.807, 2.05) is 0 Å². The minimum Gasteiger partial charge on any atom is -0.497 e. The summed E-state index contributed by atoms with van der Waals surface area (Å²) >= 11 is 5.73. The van der Waals surface area contributed by atoms with Crippen molar-refractivity contribution in [1.82, 2.24) is 0 Å². The van der Waals surface area contributed by atoms with Crippen LogP contribution in [0, 0.1) is 0 Å². The fraction of sp³-hybridized carbons (Fsp3) is 0.238. The van der Waals surface area contributed by atoms with Crippen LogP contribution < -0.4 is 10.1 Å². The Morgan fingerprint density at radius 3 is 2.39 bits per heavy atom. The van der Waals surface area contributed by atoms with E-state index in [0.717, 1.165) is 5.39 Å². The summed E-state index contributed by atoms with van der Waals surface area (Å²) in [4.78, 5) is 0. The zero-order chi connectivity index (χ0) is 20.4. The maximum atomic E-state index is 14.5. The molecule has 0 bridgehead atoms. The van der Waals surface area contributed by atoms with E-state index in [4.69, 9.17) is 16.3 Å². The molecule has 0 saturated carbocycles. The average Bonchev–Trinajstić information content (AvgIpc) is 2.70. The summed E-state index contributed by atoms with van der Waals surface area (Å²) in [6.07, 6.45) is -6.80. The molecule has 2 atom stereocenters. The highest BCUT2D eigenvalue weighted by molar-refractivity contribution is 6.18. The minimum absolute atomic E-state index is 0.194. The number of benzene rings is 3. The van der Waals surface area contributed by atoms with Crippen LogP contribution in [0.15, 0.2) is 66.7 Å². The highest BCUT2D eigenvalue weighted by Crippen LogP contribution is 2.46. The van der Waals surface area contributed by atoms with Gasteiger partial charge in [-0.3, -0.25) is 0 Å². The lowest BCUT2D eigenvalue weighted by Crippen LogP contribution is -2.58. The lowest BCUT2D eigenvalue weighted by molar-refractivity contribution is -0.205. The number of fused-ring (bicyclic) bond motifs is 1. The lowest BCUT2D eigenvalue weighted by atomic mass is 9.83. The van der Waals surface area contributed by atoms with Crippen molar-refractivity contribution in [2.75, 3.05) is 18.3 Å². The Morgan fingerprint density at radius 2 is 1.71 bits per heavy atom. The molecule has 0 radical (unpaired) electrons. The third-order valence-electron chi connectivity index (χ3n) is 4.74. The number of aliphatic hydroxyl groups excluding tert-OH is 1. The molecule has 0 aromatic heterocycles. The van der Waals surface area contributed by atoms with Crippen molar-refractivity contribution in [3.63, 3.8) is 0 Å². The van der Waals surface area contributed by atoms with Crippen molar-refractivity contribution >= 4 is 28.1 Å². The molecule has 148 valence electrons. The average molecular weight is 410 g/mol. The Labute approximate surface area is 165 Å². The summed E-state index contributed by atoms with van der Waals surface area (Å²) in [6, 6.07) is 17.6. The van der Waals surface area contributed by atoms with Crippen LogP contribution in [0.2, 0.25) is 0 Å². The molecule has 0 aliphatic heterocycles. The zero-order valence-corrected chi connectivity index (χ0v) is 15.8. The van der Waals surface area contributed by atoms with Crippen molar-refractivity contribution in [3.8, 4) is 5.75 Å². The molecule has 3 aromatic carbocycles. The van der Waals surface area contributed by atoms with Crippen molar-refractivity contribution < 1.29 is 23.0 Å². The van der Waals surface area contributed by atoms with Crippen LogP contribution in [0.3, 0.4) is 0 Å². The van der Waals surface area contributed by atoms with Gasteiger partial charge in [0.05, 0.1) is 13.0 Å². The Kier molecular flexibility index (Phi) is 5.72. The van der Waals surface area contributed by atoms with E-state index in [-0.39, 0.29) is 17.0 Å². The van der Waals surface area contributed by atoms with Gasteiger partial charge in [0, 0.05) is 11.1 Å². The van der Waals surface area contributed by atoms with E-state index in [1.165, 1.54) is 31.4 Å². The third-order valence-corrected chi connectivity index (χ3v) is 5.03. The molecule has 2 N–H and O–H groups in total. The molecule has 3 nitrogen and oxygen atoms in total. The van der Waals surface area contributed by atoms with Crippen LogP contribution in [0.5, 0.6) is 5.75 Å². The number of nitrogens with one attached hydrogen (secondary N) is 1. The van der Waals surface area contributed by atoms with Crippen LogP contribution in [-0.2, 0) is 5.54 Å². The highest BCUT2D eigenvalue weighted by Gasteiger charge is 2.60. The number of hydrogen-bond donors (Lipinski definition) is 2. The largest absolute Gasteiger partial charge is 0.497 e. The predicted molar refractivity (Wildman–Crippen MR) is 105 cm³/mol. The Balaban J connectivity index is 2.26. The molecule has 28 heavy (non-hydrogen) atoms. The normalized spacial score (nSPS) is 15.1. The molecular formula is C21H19ClF3NO2. The second-order valence-electron chi connectivity index (χ2n) is 6.36. The maximum absolute atomic E-state index is 14.5. The van der Waals surface area contributed by atoms with Gasteiger partial charge in [-0.05, 0) is 29.1 Å². The Hall–Kier alpha value is -2.44. The van der Waals surface area contributed by atoms with Gasteiger partial charge < -0.3 is 15.2 Å². The topological polar surface area (TPSA) is 41.5 Å². The first-order valence-electron chi connectivity index (χ1n) is 8.54. The van der Waals surface area contributed by atoms with Crippen LogP contribution in [0.25, 0.3) is 10.8 Å². The van der Waals surface area contributed by atoms with E-state index < -0.39 is 23.7 Å². The molecule has 0 heterocycles. The van der Waals surface area contributed by atoms with E-state index in [0.29, 0.717) is 5.39 Å². The van der Waals surface area contributed by atoms with Gasteiger partial charge in [0.2, 0.25) is 0 Å². The molecule has 2 unspecified atom stereocenters. The SMILES string of the molecule is COc1cccc(C(Nc2cccc3ccccc23)(C(O)CCl)C(F)(F)F)c1. The summed E-state index contributed by atoms with van der Waals surface area (Å²) < 4.78 is 48.6. The van der Waals surface area contributed by atoms with E-state index in [1.54, 1.807) is 42.5 Å². The summed E-state index contributed by atoms with van der Waals surface area (Å²) in [5.41, 5.74) is -2.78. The van der Waals surface area contributed by atoms with Crippen molar-refractivity contribution in [1.29, 1.82) is 0 Å². The molecule has 0 amide bonds. The van der Waals surface area contributed by atoms with Gasteiger partial charge in [-0.15, -0.1) is 11.6 Å². The Bertz CT molecular complexity index is 958. The monoisotopic (exact) mass is 409 g/mol. The van der Waals surface area contributed by atoms with Crippen molar-refractivity contribution in [2.24, 2.45) is 0 Å². The number of halogens is 4. The molecule has 0 fully saturated rings. The van der Waals surface area contributed by atoms with Crippen molar-refractivity contribution in [3.05, 3.63) is 72.3 Å². The van der Waals surface area contributed by atoms with Gasteiger partial charge in [-0.25, -0.2) is 0 Å². The number of methoxy groups -OCH3 is 1. The summed E-state index contributed by atoms with van der Waals surface area (Å²) in [7, 11) is 1.37. The predicted octanol–water partition coefficient (Wildman–Crippen LogP) is 5.32. The Morgan fingerprint density at radius 1 is 1.04 bits per heavy atom. The van der Waals surface area contributed by atoms with Gasteiger partial charge in [0.15, 0.2) is 5.54 Å². The molecule has 3 rings (SSSR count). The van der Waals surface area contributed by atoms with E-state index in [9.17, 15) is 18.3 Å². The quantitative estimate of drug-likeness (QED) is 0.541. The highest BCUT2D eigenvalue weighted by atomic mass is 35.5. The molecule has 0 aliphatic rings. The van der Waals surface area contributed by atoms with Gasteiger partial charge in [-0.1, -0.05) is 48.5 Å². The number of rotatable bonds is 6. The molecule has 0 spiro atoms. The van der Waals surface area contributed by atoms with Crippen LogP contribution in [-0.4, -0.2) is 30.4 Å². The second-order valence-corrected chi connectivity index (χ2v) is 6.67. The van der Waals surface area contributed by atoms with E-state index >= 15 is 0 Å². The molecule has 7 heteroatoms. The molecular weight excluding hydrogens is 391 g/mol. The van der Waals surface area contributed by atoms with Gasteiger partial charge in [0.25, 0.3) is 0 Å². The fourth-order valence-corrected chi connectivity index (χ4v) is 3.53. The number of alkyl halides is 4. The maximum Gasteiger partial charge on any atom is 0.418 e. The van der Waals surface area contributed by atoms with Crippen molar-refractivity contribution in [2.45, 2.75) is 17.8 Å². The van der Waals surface area contributed by atoms with Crippen LogP contribution >= 0.6 is 11.6 Å². The first-order chi connectivity index (χ1) is 13.3. The first-order valence-corrected chi connectivity index (χ1v) is 9.08. The van der Waals surface area contributed by atoms with Crippen LogP contribution in [0.4, 0.5) is 18.9 Å². The molecule has 3 aromatic rings. The van der Waals surface area contributed by atoms with E-state index in [2.05, 4.69) is 5.32 Å². The number of aliphatic hydroxyl groups is 1. The first kappa shape index (κ1) is 20.3. The van der Waals surface area contributed by atoms with Crippen LogP contribution in [0.1, 0.15) is 5.56 Å². The number of hydrogen-bond acceptors (Lipinski definition) is 3. The summed E-state index contributed by atoms with van der Waals surface area (Å²) in [5, 5.41) is 14.5. The second kappa shape index (κ2) is 7.89. The number of anilines is 1. The molecule has 0 saturated heterocycles. The standard InChI is InChI=1S/C21H19ClF3NO2/c1-28-16-9-5-8-15(12-16)20(19(27)13-22,21(23,24)25)26-18-11-4-7-14-6-2-3-10-17(14)18/h2-12,19,26-27H,13H2,1H3. The van der Waals surface area contributed by atoms with Gasteiger partial charge >= 0.3 is 6.18 Å². The fourth-order valence-electron chi connectivity index (χ4n) is 3.30. The lowest BCUT2D eigenvalue weighted by Gasteiger charge is -2.41. The minimum atomic E-state index is -4.86. The smallest absolute Gasteiger partial charge is 0.418 e. The third kappa shape index (κ3) is 3.50. The summed E-state index contributed by atoms with van der Waals surface area (Å²) in [5.74, 6) is -0.373. The van der Waals surface area contributed by atoms with Gasteiger partial charge in [0.1, 0.15) is 11.9 Å².